The summed E-state index contributed by atoms with van der Waals surface area (Å²) in [5, 5.41) is 13.4. The minimum Gasteiger partial charge on any atom is -0.394 e. The summed E-state index contributed by atoms with van der Waals surface area (Å²) in [7, 11) is 0. The number of halogens is 2. The second-order valence-electron chi connectivity index (χ2n) is 4.06. The Bertz CT molecular complexity index is 402. The Morgan fingerprint density at radius 1 is 1.28 bits per heavy atom. The van der Waals surface area contributed by atoms with Crippen LogP contribution in [-0.2, 0) is 0 Å². The predicted octanol–water partition coefficient (Wildman–Crippen LogP) is 2.64. The zero-order valence-electron chi connectivity index (χ0n) is 10.4. The number of nitrogens with one attached hydrogen (secondary N) is 2. The van der Waals surface area contributed by atoms with Crippen LogP contribution in [-0.4, -0.2) is 22.2 Å². The molecular weight excluding hydrogens is 275 g/mol. The minimum absolute atomic E-state index is 0.00791. The fraction of sp³-hybridized carbons (Fsp3) is 0.545. The van der Waals surface area contributed by atoms with Gasteiger partial charge in [0.25, 0.3) is 0 Å². The number of nitrogen functional groups attached to an aromatic ring is 1. The number of hydrogen-bond acceptors (Lipinski definition) is 5. The van der Waals surface area contributed by atoms with Crippen LogP contribution in [0.15, 0.2) is 6.07 Å². The third-order valence-electron chi connectivity index (χ3n) is 3.11. The Morgan fingerprint density at radius 2 is 1.83 bits per heavy atom. The number of rotatable bonds is 6. The summed E-state index contributed by atoms with van der Waals surface area (Å²) in [6.07, 6.45) is 1.48. The van der Waals surface area contributed by atoms with Gasteiger partial charge in [-0.05, 0) is 18.9 Å². The number of hydrogen-bond donors (Lipinski definition) is 4. The van der Waals surface area contributed by atoms with Crippen molar-refractivity contribution in [3.05, 3.63) is 16.1 Å². The highest BCUT2D eigenvalue weighted by Crippen LogP contribution is 2.31. The molecule has 0 spiro atoms. The standard InChI is InChI=1S/C11H18Cl2N4O/c1-3-11(4-2,6-18)16-9-7(12)5-8(13)10(15-9)17-14/h5,18H,3-4,6,14H2,1-2H3,(H2,15,16,17). The summed E-state index contributed by atoms with van der Waals surface area (Å²) in [4.78, 5) is 4.20. The van der Waals surface area contributed by atoms with Crippen LogP contribution in [0.3, 0.4) is 0 Å². The molecule has 7 heteroatoms. The molecule has 1 rings (SSSR count). The van der Waals surface area contributed by atoms with Crippen LogP contribution in [0.5, 0.6) is 0 Å². The summed E-state index contributed by atoms with van der Waals surface area (Å²) < 4.78 is 0. The predicted molar refractivity (Wildman–Crippen MR) is 76.1 cm³/mol. The molecule has 5 N–H and O–H groups in total. The van der Waals surface area contributed by atoms with Gasteiger partial charge in [-0.25, -0.2) is 10.8 Å². The summed E-state index contributed by atoms with van der Waals surface area (Å²) in [5.41, 5.74) is 1.95. The lowest BCUT2D eigenvalue weighted by Gasteiger charge is -2.31. The molecule has 0 bridgehead atoms. The number of aromatic nitrogens is 1. The molecule has 0 aromatic carbocycles. The summed E-state index contributed by atoms with van der Waals surface area (Å²) >= 11 is 12.0. The van der Waals surface area contributed by atoms with Crippen molar-refractivity contribution in [2.24, 2.45) is 5.84 Å². The van der Waals surface area contributed by atoms with Crippen molar-refractivity contribution < 1.29 is 5.11 Å². The van der Waals surface area contributed by atoms with Gasteiger partial charge in [0, 0.05) is 0 Å². The molecule has 102 valence electrons. The first-order valence-corrected chi connectivity index (χ1v) is 6.49. The van der Waals surface area contributed by atoms with E-state index in [4.69, 9.17) is 29.0 Å². The summed E-state index contributed by atoms with van der Waals surface area (Å²) in [5.74, 6) is 6.10. The number of nitrogens with two attached hydrogens (primary N) is 1. The molecule has 1 heterocycles. The summed E-state index contributed by atoms with van der Waals surface area (Å²) in [6.45, 7) is 3.96. The zero-order valence-corrected chi connectivity index (χ0v) is 11.9. The van der Waals surface area contributed by atoms with Crippen LogP contribution < -0.4 is 16.6 Å². The first kappa shape index (κ1) is 15.3. The van der Waals surface area contributed by atoms with E-state index in [1.165, 1.54) is 0 Å². The molecule has 0 amide bonds. The quantitative estimate of drug-likeness (QED) is 0.479. The van der Waals surface area contributed by atoms with E-state index in [0.717, 1.165) is 12.8 Å². The second kappa shape index (κ2) is 6.43. The van der Waals surface area contributed by atoms with Crippen LogP contribution in [0.4, 0.5) is 11.6 Å². The van der Waals surface area contributed by atoms with E-state index in [-0.39, 0.29) is 6.61 Å². The molecule has 0 saturated carbocycles. The van der Waals surface area contributed by atoms with Gasteiger partial charge in [0.2, 0.25) is 0 Å². The number of aliphatic hydroxyl groups is 1. The molecule has 0 aliphatic carbocycles. The van der Waals surface area contributed by atoms with Gasteiger partial charge in [-0.2, -0.15) is 0 Å². The monoisotopic (exact) mass is 292 g/mol. The average Bonchev–Trinajstić information content (AvgIpc) is 2.38. The third-order valence-corrected chi connectivity index (χ3v) is 3.68. The number of hydrazine groups is 1. The normalized spacial score (nSPS) is 11.4. The smallest absolute Gasteiger partial charge is 0.161 e. The van der Waals surface area contributed by atoms with Crippen molar-refractivity contribution in [3.8, 4) is 0 Å². The second-order valence-corrected chi connectivity index (χ2v) is 4.88. The van der Waals surface area contributed by atoms with E-state index in [0.29, 0.717) is 21.7 Å². The fourth-order valence-corrected chi connectivity index (χ4v) is 2.06. The first-order chi connectivity index (χ1) is 8.51. The van der Waals surface area contributed by atoms with E-state index >= 15 is 0 Å². The fourth-order valence-electron chi connectivity index (χ4n) is 1.60. The molecular formula is C11H18Cl2N4O. The van der Waals surface area contributed by atoms with Gasteiger partial charge in [-0.15, -0.1) is 0 Å². The van der Waals surface area contributed by atoms with E-state index in [9.17, 15) is 5.11 Å². The van der Waals surface area contributed by atoms with Gasteiger partial charge in [-0.1, -0.05) is 37.0 Å². The summed E-state index contributed by atoms with van der Waals surface area (Å²) in [6, 6.07) is 1.56. The molecule has 1 aromatic heterocycles. The highest BCUT2D eigenvalue weighted by molar-refractivity contribution is 6.37. The number of aliphatic hydroxyl groups excluding tert-OH is 1. The molecule has 5 nitrogen and oxygen atoms in total. The van der Waals surface area contributed by atoms with Gasteiger partial charge in [0.05, 0.1) is 22.2 Å². The number of nitrogens with zero attached hydrogens (tertiary/aromatic N) is 1. The van der Waals surface area contributed by atoms with Crippen molar-refractivity contribution >= 4 is 34.8 Å². The lowest BCUT2D eigenvalue weighted by molar-refractivity contribution is 0.202. The molecule has 0 fully saturated rings. The lowest BCUT2D eigenvalue weighted by Crippen LogP contribution is -2.41. The topological polar surface area (TPSA) is 83.2 Å². The lowest BCUT2D eigenvalue weighted by atomic mass is 9.94. The van der Waals surface area contributed by atoms with Gasteiger partial charge in [-0.3, -0.25) is 0 Å². The van der Waals surface area contributed by atoms with Crippen LogP contribution in [0.25, 0.3) is 0 Å². The van der Waals surface area contributed by atoms with Gasteiger partial charge >= 0.3 is 0 Å². The third kappa shape index (κ3) is 3.17. The molecule has 0 unspecified atom stereocenters. The minimum atomic E-state index is -0.448. The average molecular weight is 293 g/mol. The van der Waals surface area contributed by atoms with E-state index < -0.39 is 5.54 Å². The van der Waals surface area contributed by atoms with Gasteiger partial charge < -0.3 is 15.8 Å². The van der Waals surface area contributed by atoms with Crippen LogP contribution >= 0.6 is 23.2 Å². The maximum atomic E-state index is 9.51. The van der Waals surface area contributed by atoms with Crippen molar-refractivity contribution in [2.75, 3.05) is 17.3 Å². The Morgan fingerprint density at radius 3 is 2.28 bits per heavy atom. The van der Waals surface area contributed by atoms with Crippen LogP contribution in [0.2, 0.25) is 10.0 Å². The Hall–Kier alpha value is -0.750. The molecule has 0 saturated heterocycles. The number of pyridine rings is 1. The Labute approximate surface area is 117 Å². The Balaban J connectivity index is 3.10. The van der Waals surface area contributed by atoms with Crippen molar-refractivity contribution in [1.29, 1.82) is 0 Å². The van der Waals surface area contributed by atoms with Crippen LogP contribution in [0, 0.1) is 0 Å². The van der Waals surface area contributed by atoms with Gasteiger partial charge in [0.1, 0.15) is 5.82 Å². The molecule has 18 heavy (non-hydrogen) atoms. The van der Waals surface area contributed by atoms with Crippen molar-refractivity contribution in [2.45, 2.75) is 32.2 Å². The van der Waals surface area contributed by atoms with E-state index in [2.05, 4.69) is 15.7 Å². The zero-order chi connectivity index (χ0) is 13.8. The maximum Gasteiger partial charge on any atom is 0.161 e. The van der Waals surface area contributed by atoms with E-state index in [1.807, 2.05) is 13.8 Å². The Kier molecular flexibility index (Phi) is 5.47. The first-order valence-electron chi connectivity index (χ1n) is 5.73. The van der Waals surface area contributed by atoms with Crippen molar-refractivity contribution in [1.82, 2.24) is 4.98 Å². The SMILES string of the molecule is CCC(CC)(CO)Nc1nc(NN)c(Cl)cc1Cl. The van der Waals surface area contributed by atoms with Crippen LogP contribution in [0.1, 0.15) is 26.7 Å². The van der Waals surface area contributed by atoms with Crippen molar-refractivity contribution in [3.63, 3.8) is 0 Å². The highest BCUT2D eigenvalue weighted by atomic mass is 35.5. The molecule has 0 atom stereocenters. The van der Waals surface area contributed by atoms with Gasteiger partial charge in [0.15, 0.2) is 5.82 Å². The van der Waals surface area contributed by atoms with E-state index in [1.54, 1.807) is 6.07 Å². The molecule has 0 aliphatic rings. The largest absolute Gasteiger partial charge is 0.394 e. The number of anilines is 2. The molecule has 1 aromatic rings. The molecule has 0 aliphatic heterocycles. The highest BCUT2D eigenvalue weighted by Gasteiger charge is 2.26. The molecule has 0 radical (unpaired) electrons. The maximum absolute atomic E-state index is 9.51.